The zero-order chi connectivity index (χ0) is 15.8. The molecule has 0 bridgehead atoms. The fourth-order valence-corrected chi connectivity index (χ4v) is 3.67. The molecule has 23 heavy (non-hydrogen) atoms. The summed E-state index contributed by atoms with van der Waals surface area (Å²) in [4.78, 5) is 2.30. The van der Waals surface area contributed by atoms with Crippen LogP contribution in [0.15, 0.2) is 24.3 Å². The molecule has 2 heterocycles. The average molecular weight is 334 g/mol. The Kier molecular flexibility index (Phi) is 4.05. The van der Waals surface area contributed by atoms with Crippen LogP contribution in [0.4, 0.5) is 0 Å². The van der Waals surface area contributed by atoms with Crippen molar-refractivity contribution in [2.45, 2.75) is 50.4 Å². The van der Waals surface area contributed by atoms with Gasteiger partial charge in [0, 0.05) is 17.6 Å². The van der Waals surface area contributed by atoms with E-state index in [0.29, 0.717) is 12.6 Å². The zero-order valence-electron chi connectivity index (χ0n) is 12.8. The summed E-state index contributed by atoms with van der Waals surface area (Å²) in [6.07, 6.45) is 4.21. The second kappa shape index (κ2) is 6.19. The first kappa shape index (κ1) is 15.1. The minimum Gasteiger partial charge on any atom is -0.395 e. The number of hydrogen-bond acceptors (Lipinski definition) is 5. The molecule has 0 unspecified atom stereocenters. The van der Waals surface area contributed by atoms with Gasteiger partial charge in [-0.1, -0.05) is 29.8 Å². The van der Waals surface area contributed by atoms with Gasteiger partial charge in [0.15, 0.2) is 5.82 Å². The average Bonchev–Trinajstić information content (AvgIpc) is 3.16. The van der Waals surface area contributed by atoms with Gasteiger partial charge < -0.3 is 5.11 Å². The van der Waals surface area contributed by atoms with Gasteiger partial charge in [0.1, 0.15) is 0 Å². The van der Waals surface area contributed by atoms with Gasteiger partial charge in [-0.25, -0.2) is 4.68 Å². The Balaban J connectivity index is 1.63. The molecule has 1 aliphatic carbocycles. The summed E-state index contributed by atoms with van der Waals surface area (Å²) in [6, 6.07) is 8.59. The lowest BCUT2D eigenvalue weighted by Crippen LogP contribution is -2.34. The van der Waals surface area contributed by atoms with Crippen molar-refractivity contribution in [3.8, 4) is 0 Å². The number of aromatic nitrogens is 4. The van der Waals surface area contributed by atoms with Crippen LogP contribution in [-0.2, 0) is 6.54 Å². The van der Waals surface area contributed by atoms with Crippen molar-refractivity contribution < 1.29 is 5.11 Å². The first-order chi connectivity index (χ1) is 11.3. The smallest absolute Gasteiger partial charge is 0.168 e. The van der Waals surface area contributed by atoms with Crippen molar-refractivity contribution in [1.29, 1.82) is 0 Å². The van der Waals surface area contributed by atoms with Crippen LogP contribution in [0.5, 0.6) is 0 Å². The third-order valence-electron chi connectivity index (χ3n) is 4.87. The number of aliphatic hydroxyl groups excluding tert-OH is 1. The monoisotopic (exact) mass is 333 g/mol. The first-order valence-electron chi connectivity index (χ1n) is 8.15. The molecule has 1 saturated heterocycles. The van der Waals surface area contributed by atoms with E-state index < -0.39 is 0 Å². The number of nitrogens with zero attached hydrogens (tertiary/aromatic N) is 5. The largest absolute Gasteiger partial charge is 0.395 e. The SMILES string of the molecule is OC[C@@H]1CC[C@@H](c2nnnn2C2CC2)N1Cc1ccccc1Cl. The van der Waals surface area contributed by atoms with Gasteiger partial charge in [-0.15, -0.1) is 5.10 Å². The van der Waals surface area contributed by atoms with Crippen molar-refractivity contribution in [1.82, 2.24) is 25.1 Å². The van der Waals surface area contributed by atoms with Crippen LogP contribution in [0.3, 0.4) is 0 Å². The molecule has 0 radical (unpaired) electrons. The molecule has 7 heteroatoms. The van der Waals surface area contributed by atoms with E-state index in [0.717, 1.165) is 42.1 Å². The van der Waals surface area contributed by atoms with Crippen LogP contribution >= 0.6 is 11.6 Å². The quantitative estimate of drug-likeness (QED) is 0.909. The standard InChI is InChI=1S/C16H20ClN5O/c17-14-4-2-1-3-11(14)9-21-13(10-23)7-8-15(21)16-18-19-20-22(16)12-5-6-12/h1-4,12-13,15,23H,5-10H2/t13-,15-/m0/s1. The van der Waals surface area contributed by atoms with E-state index >= 15 is 0 Å². The van der Waals surface area contributed by atoms with Crippen LogP contribution < -0.4 is 0 Å². The Morgan fingerprint density at radius 1 is 1.17 bits per heavy atom. The number of tetrazole rings is 1. The Morgan fingerprint density at radius 3 is 2.74 bits per heavy atom. The molecule has 2 fully saturated rings. The zero-order valence-corrected chi connectivity index (χ0v) is 13.6. The highest BCUT2D eigenvalue weighted by atomic mass is 35.5. The fourth-order valence-electron chi connectivity index (χ4n) is 3.47. The lowest BCUT2D eigenvalue weighted by molar-refractivity contribution is 0.117. The minimum absolute atomic E-state index is 0.126. The van der Waals surface area contributed by atoms with Crippen molar-refractivity contribution >= 4 is 11.6 Å². The van der Waals surface area contributed by atoms with Gasteiger partial charge in [0.25, 0.3) is 0 Å². The van der Waals surface area contributed by atoms with Gasteiger partial charge in [0.05, 0.1) is 18.7 Å². The van der Waals surface area contributed by atoms with Crippen LogP contribution in [0, 0.1) is 0 Å². The van der Waals surface area contributed by atoms with Gasteiger partial charge in [-0.2, -0.15) is 0 Å². The molecule has 2 aliphatic rings. The highest BCUT2D eigenvalue weighted by Crippen LogP contribution is 2.41. The topological polar surface area (TPSA) is 67.1 Å². The predicted molar refractivity (Wildman–Crippen MR) is 85.9 cm³/mol. The van der Waals surface area contributed by atoms with E-state index in [-0.39, 0.29) is 18.7 Å². The van der Waals surface area contributed by atoms with E-state index in [1.54, 1.807) is 0 Å². The Bertz CT molecular complexity index is 687. The Labute approximate surface area is 140 Å². The maximum Gasteiger partial charge on any atom is 0.168 e. The van der Waals surface area contributed by atoms with E-state index in [1.165, 1.54) is 0 Å². The minimum atomic E-state index is 0.126. The molecule has 0 amide bonds. The molecule has 0 spiro atoms. The number of likely N-dealkylation sites (tertiary alicyclic amines) is 1. The molecule has 4 rings (SSSR count). The van der Waals surface area contributed by atoms with E-state index in [1.807, 2.05) is 28.9 Å². The number of aliphatic hydroxyl groups is 1. The van der Waals surface area contributed by atoms with Crippen molar-refractivity contribution in [2.24, 2.45) is 0 Å². The molecule has 2 aromatic rings. The summed E-state index contributed by atoms with van der Waals surface area (Å²) in [6.45, 7) is 0.846. The van der Waals surface area contributed by atoms with Crippen LogP contribution in [-0.4, -0.2) is 42.9 Å². The summed E-state index contributed by atoms with van der Waals surface area (Å²) in [5.41, 5.74) is 1.07. The number of hydrogen-bond donors (Lipinski definition) is 1. The van der Waals surface area contributed by atoms with Crippen LogP contribution in [0.1, 0.15) is 49.2 Å². The van der Waals surface area contributed by atoms with E-state index in [9.17, 15) is 5.11 Å². The van der Waals surface area contributed by atoms with Gasteiger partial charge >= 0.3 is 0 Å². The molecule has 1 saturated carbocycles. The Morgan fingerprint density at radius 2 is 2.00 bits per heavy atom. The number of benzene rings is 1. The maximum atomic E-state index is 9.76. The molecular weight excluding hydrogens is 314 g/mol. The molecule has 122 valence electrons. The Hall–Kier alpha value is -1.50. The molecular formula is C16H20ClN5O. The molecule has 1 aromatic heterocycles. The van der Waals surface area contributed by atoms with Crippen LogP contribution in [0.2, 0.25) is 5.02 Å². The van der Waals surface area contributed by atoms with Crippen molar-refractivity contribution in [3.63, 3.8) is 0 Å². The summed E-state index contributed by atoms with van der Waals surface area (Å²) >= 11 is 6.32. The van der Waals surface area contributed by atoms with Gasteiger partial charge in [-0.05, 0) is 47.7 Å². The van der Waals surface area contributed by atoms with E-state index in [4.69, 9.17) is 11.6 Å². The normalized spacial score (nSPS) is 25.1. The van der Waals surface area contributed by atoms with Crippen molar-refractivity contribution in [2.75, 3.05) is 6.61 Å². The highest BCUT2D eigenvalue weighted by molar-refractivity contribution is 6.31. The van der Waals surface area contributed by atoms with Gasteiger partial charge in [0.2, 0.25) is 0 Å². The highest BCUT2D eigenvalue weighted by Gasteiger charge is 2.39. The maximum absolute atomic E-state index is 9.76. The predicted octanol–water partition coefficient (Wildman–Crippen LogP) is 2.36. The second-order valence-corrected chi connectivity index (χ2v) is 6.81. The third-order valence-corrected chi connectivity index (χ3v) is 5.24. The number of rotatable bonds is 5. The molecule has 1 aromatic carbocycles. The second-order valence-electron chi connectivity index (χ2n) is 6.41. The molecule has 1 aliphatic heterocycles. The lowest BCUT2D eigenvalue weighted by atomic mass is 10.1. The summed E-state index contributed by atoms with van der Waals surface area (Å²) < 4.78 is 1.98. The summed E-state index contributed by atoms with van der Waals surface area (Å²) in [5, 5.41) is 22.9. The van der Waals surface area contributed by atoms with Crippen molar-refractivity contribution in [3.05, 3.63) is 40.7 Å². The lowest BCUT2D eigenvalue weighted by Gasteiger charge is -2.29. The molecule has 2 atom stereocenters. The van der Waals surface area contributed by atoms with E-state index in [2.05, 4.69) is 20.4 Å². The summed E-state index contributed by atoms with van der Waals surface area (Å²) in [7, 11) is 0. The molecule has 1 N–H and O–H groups in total. The molecule has 6 nitrogen and oxygen atoms in total. The first-order valence-corrected chi connectivity index (χ1v) is 8.53. The third kappa shape index (κ3) is 2.86. The fraction of sp³-hybridized carbons (Fsp3) is 0.562. The summed E-state index contributed by atoms with van der Waals surface area (Å²) in [5.74, 6) is 0.926. The number of halogens is 1. The van der Waals surface area contributed by atoms with Crippen LogP contribution in [0.25, 0.3) is 0 Å². The van der Waals surface area contributed by atoms with Gasteiger partial charge in [-0.3, -0.25) is 4.90 Å².